The van der Waals surface area contributed by atoms with E-state index in [-0.39, 0.29) is 16.3 Å². The predicted molar refractivity (Wildman–Crippen MR) is 121 cm³/mol. The number of aromatic nitrogens is 1. The van der Waals surface area contributed by atoms with Gasteiger partial charge in [0.15, 0.2) is 9.43 Å². The van der Waals surface area contributed by atoms with Crippen LogP contribution < -0.4 is 5.43 Å². The lowest BCUT2D eigenvalue weighted by Gasteiger charge is -2.02. The number of halogens is 2. The van der Waals surface area contributed by atoms with Crippen molar-refractivity contribution in [3.63, 3.8) is 0 Å². The molecule has 0 fully saturated rings. The van der Waals surface area contributed by atoms with Crippen LogP contribution in [0.4, 0.5) is 5.69 Å². The lowest BCUT2D eigenvalue weighted by Crippen LogP contribution is -2.17. The van der Waals surface area contributed by atoms with Crippen molar-refractivity contribution in [2.24, 2.45) is 5.10 Å². The van der Waals surface area contributed by atoms with Crippen LogP contribution >= 0.6 is 46.3 Å². The number of furan rings is 1. The van der Waals surface area contributed by atoms with E-state index in [1.807, 2.05) is 0 Å². The SMILES string of the molecule is O=C(NN=Cc1ccc(Sc2nc3ccc([N+](=O)[O-])cc3s2)o1)c1ccc(Cl)cc1Cl. The molecular formula is C19H10Cl2N4O4S2. The molecule has 12 heteroatoms. The van der Waals surface area contributed by atoms with Crippen molar-refractivity contribution < 1.29 is 14.1 Å². The van der Waals surface area contributed by atoms with Crippen LogP contribution in [0.5, 0.6) is 0 Å². The van der Waals surface area contributed by atoms with Crippen molar-refractivity contribution in [1.29, 1.82) is 0 Å². The summed E-state index contributed by atoms with van der Waals surface area (Å²) in [4.78, 5) is 27.0. The van der Waals surface area contributed by atoms with E-state index >= 15 is 0 Å². The summed E-state index contributed by atoms with van der Waals surface area (Å²) in [6, 6.07) is 12.5. The van der Waals surface area contributed by atoms with Gasteiger partial charge in [0.25, 0.3) is 11.6 Å². The Kier molecular flexibility index (Phi) is 6.23. The third-order valence-corrected chi connectivity index (χ3v) is 6.43. The van der Waals surface area contributed by atoms with Crippen LogP contribution in [0.25, 0.3) is 10.2 Å². The quantitative estimate of drug-likeness (QED) is 0.200. The topological polar surface area (TPSA) is 111 Å². The van der Waals surface area contributed by atoms with Gasteiger partial charge in [0.05, 0.1) is 31.9 Å². The highest BCUT2D eigenvalue weighted by atomic mass is 35.5. The maximum Gasteiger partial charge on any atom is 0.272 e. The number of nitrogens with one attached hydrogen (secondary N) is 1. The summed E-state index contributed by atoms with van der Waals surface area (Å²) in [6.07, 6.45) is 1.35. The van der Waals surface area contributed by atoms with Crippen LogP contribution in [0.2, 0.25) is 10.0 Å². The van der Waals surface area contributed by atoms with Gasteiger partial charge in [-0.25, -0.2) is 10.4 Å². The van der Waals surface area contributed by atoms with Crippen molar-refractivity contribution in [3.8, 4) is 0 Å². The Morgan fingerprint density at radius 3 is 2.84 bits per heavy atom. The molecule has 0 unspecified atom stereocenters. The van der Waals surface area contributed by atoms with E-state index in [0.29, 0.717) is 30.4 Å². The second-order valence-electron chi connectivity index (χ2n) is 5.97. The smallest absolute Gasteiger partial charge is 0.272 e. The highest BCUT2D eigenvalue weighted by molar-refractivity contribution is 8.01. The molecule has 0 atom stereocenters. The molecule has 0 aliphatic rings. The summed E-state index contributed by atoms with van der Waals surface area (Å²) in [7, 11) is 0. The zero-order valence-electron chi connectivity index (χ0n) is 15.2. The lowest BCUT2D eigenvalue weighted by atomic mass is 10.2. The van der Waals surface area contributed by atoms with E-state index in [1.54, 1.807) is 24.3 Å². The van der Waals surface area contributed by atoms with E-state index < -0.39 is 10.8 Å². The fourth-order valence-corrected chi connectivity index (χ4v) is 4.98. The van der Waals surface area contributed by atoms with E-state index in [9.17, 15) is 14.9 Å². The molecule has 0 bridgehead atoms. The summed E-state index contributed by atoms with van der Waals surface area (Å²) in [5.41, 5.74) is 3.31. The number of nitrogens with zero attached hydrogens (tertiary/aromatic N) is 3. The molecule has 0 saturated heterocycles. The molecule has 4 rings (SSSR count). The number of rotatable bonds is 6. The first-order chi connectivity index (χ1) is 14.9. The van der Waals surface area contributed by atoms with Crippen LogP contribution in [0.3, 0.4) is 0 Å². The summed E-state index contributed by atoms with van der Waals surface area (Å²) in [5, 5.41) is 16.0. The average Bonchev–Trinajstić information content (AvgIpc) is 3.33. The van der Waals surface area contributed by atoms with Gasteiger partial charge in [0, 0.05) is 17.2 Å². The van der Waals surface area contributed by atoms with Gasteiger partial charge in [-0.15, -0.1) is 11.3 Å². The molecule has 1 amide bonds. The van der Waals surface area contributed by atoms with Gasteiger partial charge < -0.3 is 4.42 Å². The van der Waals surface area contributed by atoms with Crippen LogP contribution in [-0.2, 0) is 0 Å². The zero-order valence-corrected chi connectivity index (χ0v) is 18.4. The van der Waals surface area contributed by atoms with Crippen molar-refractivity contribution in [2.75, 3.05) is 0 Å². The molecule has 4 aromatic rings. The number of non-ortho nitro benzene ring substituents is 1. The number of hydrazone groups is 1. The fraction of sp³-hybridized carbons (Fsp3) is 0. The highest BCUT2D eigenvalue weighted by Gasteiger charge is 2.13. The average molecular weight is 493 g/mol. The predicted octanol–water partition coefficient (Wildman–Crippen LogP) is 6.02. The van der Waals surface area contributed by atoms with Crippen LogP contribution in [0.15, 0.2) is 67.5 Å². The van der Waals surface area contributed by atoms with Gasteiger partial charge >= 0.3 is 0 Å². The summed E-state index contributed by atoms with van der Waals surface area (Å²) >= 11 is 14.4. The molecule has 0 saturated carbocycles. The van der Waals surface area contributed by atoms with Gasteiger partial charge in [0.1, 0.15) is 5.76 Å². The normalized spacial score (nSPS) is 11.3. The number of carbonyl (C=O) groups excluding carboxylic acids is 1. The third kappa shape index (κ3) is 5.05. The molecule has 156 valence electrons. The minimum atomic E-state index is -0.484. The maximum absolute atomic E-state index is 12.1. The molecule has 2 aromatic carbocycles. The molecular weight excluding hydrogens is 483 g/mol. The lowest BCUT2D eigenvalue weighted by molar-refractivity contribution is -0.384. The summed E-state index contributed by atoms with van der Waals surface area (Å²) in [5.74, 6) is -0.0654. The largest absolute Gasteiger partial charge is 0.448 e. The second-order valence-corrected chi connectivity index (χ2v) is 9.10. The number of hydrogen-bond acceptors (Lipinski definition) is 8. The number of nitro benzene ring substituents is 1. The Balaban J connectivity index is 1.40. The number of fused-ring (bicyclic) bond motifs is 1. The van der Waals surface area contributed by atoms with Gasteiger partial charge in [-0.1, -0.05) is 23.2 Å². The molecule has 0 radical (unpaired) electrons. The monoisotopic (exact) mass is 492 g/mol. The third-order valence-electron chi connectivity index (χ3n) is 3.89. The number of amides is 1. The minimum Gasteiger partial charge on any atom is -0.448 e. The Bertz CT molecular complexity index is 1340. The van der Waals surface area contributed by atoms with Gasteiger partial charge in [-0.05, 0) is 48.2 Å². The van der Waals surface area contributed by atoms with E-state index in [0.717, 1.165) is 0 Å². The van der Waals surface area contributed by atoms with Crippen LogP contribution in [0.1, 0.15) is 16.1 Å². The maximum atomic E-state index is 12.1. The first-order valence-electron chi connectivity index (χ1n) is 8.50. The Hall–Kier alpha value is -2.92. The summed E-state index contributed by atoms with van der Waals surface area (Å²) < 4.78 is 7.05. The van der Waals surface area contributed by atoms with Crippen LogP contribution in [-0.4, -0.2) is 22.0 Å². The molecule has 1 N–H and O–H groups in total. The first-order valence-corrected chi connectivity index (χ1v) is 10.9. The van der Waals surface area contributed by atoms with E-state index in [4.69, 9.17) is 27.6 Å². The molecule has 0 aliphatic carbocycles. The van der Waals surface area contributed by atoms with Crippen LogP contribution in [0, 0.1) is 10.1 Å². The minimum absolute atomic E-state index is 0.0196. The van der Waals surface area contributed by atoms with Crippen molar-refractivity contribution in [1.82, 2.24) is 10.4 Å². The molecule has 8 nitrogen and oxygen atoms in total. The molecule has 31 heavy (non-hydrogen) atoms. The fourth-order valence-electron chi connectivity index (χ4n) is 2.48. The Labute approximate surface area is 193 Å². The molecule has 0 spiro atoms. The van der Waals surface area contributed by atoms with Crippen molar-refractivity contribution in [2.45, 2.75) is 9.43 Å². The van der Waals surface area contributed by atoms with Crippen molar-refractivity contribution >= 4 is 74.3 Å². The summed E-state index contributed by atoms with van der Waals surface area (Å²) in [6.45, 7) is 0. The zero-order chi connectivity index (χ0) is 22.0. The number of hydrogen-bond donors (Lipinski definition) is 1. The number of thiazole rings is 1. The van der Waals surface area contributed by atoms with Crippen molar-refractivity contribution in [3.05, 3.63) is 80.0 Å². The first kappa shape index (κ1) is 21.3. The second kappa shape index (κ2) is 9.06. The standard InChI is InChI=1S/C19H10Cl2N4O4S2/c20-10-1-4-13(14(21)7-10)18(26)24-22-9-12-3-6-17(29-12)31-19-23-15-5-2-11(25(27)28)8-16(15)30-19/h1-9H,(H,24,26). The van der Waals surface area contributed by atoms with Gasteiger partial charge in [0.2, 0.25) is 0 Å². The van der Waals surface area contributed by atoms with Gasteiger partial charge in [-0.3, -0.25) is 14.9 Å². The number of carbonyl (C=O) groups is 1. The molecule has 2 heterocycles. The van der Waals surface area contributed by atoms with E-state index in [1.165, 1.54) is 53.6 Å². The highest BCUT2D eigenvalue weighted by Crippen LogP contribution is 2.36. The molecule has 2 aromatic heterocycles. The number of benzene rings is 2. The van der Waals surface area contributed by atoms with E-state index in [2.05, 4.69) is 15.5 Å². The Morgan fingerprint density at radius 1 is 1.23 bits per heavy atom. The number of nitro groups is 1. The van der Waals surface area contributed by atoms with Gasteiger partial charge in [-0.2, -0.15) is 5.10 Å². The Morgan fingerprint density at radius 2 is 2.06 bits per heavy atom. The molecule has 0 aliphatic heterocycles.